The minimum Gasteiger partial charge on any atom is -0.399 e. The van der Waals surface area contributed by atoms with Gasteiger partial charge in [0, 0.05) is 17.4 Å². The number of benzene rings is 1. The summed E-state index contributed by atoms with van der Waals surface area (Å²) in [7, 11) is 0. The van der Waals surface area contributed by atoms with Crippen LogP contribution in [-0.2, 0) is 0 Å². The summed E-state index contributed by atoms with van der Waals surface area (Å²) in [4.78, 5) is 0. The Hall–Kier alpha value is -1.18. The molecule has 0 spiro atoms. The molecule has 4 unspecified atom stereocenters. The van der Waals surface area contributed by atoms with E-state index < -0.39 is 0 Å². The second-order valence-corrected chi connectivity index (χ2v) is 5.90. The molecule has 2 bridgehead atoms. The Morgan fingerprint density at radius 1 is 1.29 bits per heavy atom. The highest BCUT2D eigenvalue weighted by Gasteiger charge is 2.41. The van der Waals surface area contributed by atoms with E-state index in [4.69, 9.17) is 5.73 Å². The van der Waals surface area contributed by atoms with Gasteiger partial charge in [-0.3, -0.25) is 0 Å². The lowest BCUT2D eigenvalue weighted by molar-refractivity contribution is 0.304. The molecule has 2 aliphatic carbocycles. The Kier molecular flexibility index (Phi) is 2.73. The van der Waals surface area contributed by atoms with Gasteiger partial charge < -0.3 is 11.1 Å². The van der Waals surface area contributed by atoms with Crippen LogP contribution in [0.1, 0.15) is 32.6 Å². The second-order valence-electron chi connectivity index (χ2n) is 5.90. The lowest BCUT2D eigenvalue weighted by Crippen LogP contribution is -2.29. The first-order chi connectivity index (χ1) is 8.22. The summed E-state index contributed by atoms with van der Waals surface area (Å²) in [6.07, 6.45) is 5.85. The van der Waals surface area contributed by atoms with Gasteiger partial charge in [-0.15, -0.1) is 0 Å². The summed E-state index contributed by atoms with van der Waals surface area (Å²) >= 11 is 0. The predicted molar refractivity (Wildman–Crippen MR) is 72.9 cm³/mol. The standard InChI is InChI=1S/C15H22N2/c1-10(15-8-11-5-6-12(15)7-11)17-14-4-2-3-13(16)9-14/h2-4,9-12,15,17H,5-8,16H2,1H3. The maximum absolute atomic E-state index is 5.81. The van der Waals surface area contributed by atoms with E-state index in [2.05, 4.69) is 18.3 Å². The van der Waals surface area contributed by atoms with Gasteiger partial charge in [-0.1, -0.05) is 12.5 Å². The van der Waals surface area contributed by atoms with E-state index in [1.807, 2.05) is 18.2 Å². The van der Waals surface area contributed by atoms with Crippen molar-refractivity contribution in [3.05, 3.63) is 24.3 Å². The average Bonchev–Trinajstić information content (AvgIpc) is 2.90. The summed E-state index contributed by atoms with van der Waals surface area (Å²) in [5.74, 6) is 2.87. The summed E-state index contributed by atoms with van der Waals surface area (Å²) in [5, 5.41) is 3.63. The third-order valence-corrected chi connectivity index (χ3v) is 4.72. The van der Waals surface area contributed by atoms with E-state index in [0.717, 1.165) is 23.4 Å². The van der Waals surface area contributed by atoms with Crippen molar-refractivity contribution in [1.29, 1.82) is 0 Å². The summed E-state index contributed by atoms with van der Waals surface area (Å²) in [6.45, 7) is 2.33. The Morgan fingerprint density at radius 3 is 2.82 bits per heavy atom. The van der Waals surface area contributed by atoms with Crippen molar-refractivity contribution in [2.45, 2.75) is 38.6 Å². The van der Waals surface area contributed by atoms with Crippen LogP contribution in [0.2, 0.25) is 0 Å². The fourth-order valence-corrected chi connectivity index (χ4v) is 3.90. The van der Waals surface area contributed by atoms with Crippen LogP contribution in [0.4, 0.5) is 11.4 Å². The molecule has 0 aromatic heterocycles. The quantitative estimate of drug-likeness (QED) is 0.780. The highest BCUT2D eigenvalue weighted by atomic mass is 14.9. The maximum atomic E-state index is 5.81. The zero-order valence-corrected chi connectivity index (χ0v) is 10.5. The molecule has 2 fully saturated rings. The number of nitrogens with two attached hydrogens (primary N) is 1. The fourth-order valence-electron chi connectivity index (χ4n) is 3.90. The minimum atomic E-state index is 0.576. The molecule has 17 heavy (non-hydrogen) atoms. The fraction of sp³-hybridized carbons (Fsp3) is 0.600. The molecule has 92 valence electrons. The molecule has 1 aromatic carbocycles. The topological polar surface area (TPSA) is 38.0 Å². The van der Waals surface area contributed by atoms with Crippen molar-refractivity contribution in [2.24, 2.45) is 17.8 Å². The number of hydrogen-bond acceptors (Lipinski definition) is 2. The summed E-state index contributed by atoms with van der Waals surface area (Å²) in [6, 6.07) is 8.68. The number of anilines is 2. The SMILES string of the molecule is CC(Nc1cccc(N)c1)C1CC2CCC1C2. The first-order valence-electron chi connectivity index (χ1n) is 6.84. The first-order valence-corrected chi connectivity index (χ1v) is 6.84. The molecule has 3 rings (SSSR count). The molecular weight excluding hydrogens is 208 g/mol. The third kappa shape index (κ3) is 2.13. The summed E-state index contributed by atoms with van der Waals surface area (Å²) in [5.41, 5.74) is 7.82. The molecule has 2 saturated carbocycles. The van der Waals surface area contributed by atoms with E-state index in [9.17, 15) is 0 Å². The molecule has 2 nitrogen and oxygen atoms in total. The van der Waals surface area contributed by atoms with Crippen molar-refractivity contribution in [3.63, 3.8) is 0 Å². The van der Waals surface area contributed by atoms with Crippen molar-refractivity contribution >= 4 is 11.4 Å². The monoisotopic (exact) mass is 230 g/mol. The molecule has 0 heterocycles. The van der Waals surface area contributed by atoms with Gasteiger partial charge in [-0.25, -0.2) is 0 Å². The highest BCUT2D eigenvalue weighted by Crippen LogP contribution is 2.49. The lowest BCUT2D eigenvalue weighted by Gasteiger charge is -2.29. The maximum Gasteiger partial charge on any atom is 0.0362 e. The molecular formula is C15H22N2. The van der Waals surface area contributed by atoms with Gasteiger partial charge in [0.2, 0.25) is 0 Å². The Morgan fingerprint density at radius 2 is 2.18 bits per heavy atom. The Balaban J connectivity index is 1.65. The zero-order chi connectivity index (χ0) is 11.8. The number of rotatable bonds is 3. The molecule has 0 aliphatic heterocycles. The van der Waals surface area contributed by atoms with Crippen LogP contribution in [0.15, 0.2) is 24.3 Å². The Labute approximate surface area is 104 Å². The first kappa shape index (κ1) is 10.9. The molecule has 0 saturated heterocycles. The van der Waals surface area contributed by atoms with Gasteiger partial charge in [0.25, 0.3) is 0 Å². The van der Waals surface area contributed by atoms with Gasteiger partial charge in [0.15, 0.2) is 0 Å². The molecule has 3 N–H and O–H groups in total. The molecule has 4 atom stereocenters. The van der Waals surface area contributed by atoms with Crippen LogP contribution in [0.3, 0.4) is 0 Å². The van der Waals surface area contributed by atoms with Gasteiger partial charge >= 0.3 is 0 Å². The van der Waals surface area contributed by atoms with Crippen LogP contribution in [-0.4, -0.2) is 6.04 Å². The van der Waals surface area contributed by atoms with E-state index in [1.165, 1.54) is 31.4 Å². The van der Waals surface area contributed by atoms with E-state index in [-0.39, 0.29) is 0 Å². The second kappa shape index (κ2) is 4.25. The molecule has 2 aliphatic rings. The van der Waals surface area contributed by atoms with Crippen molar-refractivity contribution in [2.75, 3.05) is 11.1 Å². The molecule has 2 heteroatoms. The smallest absolute Gasteiger partial charge is 0.0362 e. The van der Waals surface area contributed by atoms with Crippen LogP contribution in [0.5, 0.6) is 0 Å². The minimum absolute atomic E-state index is 0.576. The van der Waals surface area contributed by atoms with E-state index in [0.29, 0.717) is 6.04 Å². The van der Waals surface area contributed by atoms with Crippen LogP contribution in [0.25, 0.3) is 0 Å². The van der Waals surface area contributed by atoms with Crippen molar-refractivity contribution in [3.8, 4) is 0 Å². The zero-order valence-electron chi connectivity index (χ0n) is 10.5. The predicted octanol–water partition coefficient (Wildman–Crippen LogP) is 3.51. The average molecular weight is 230 g/mol. The number of nitrogen functional groups attached to an aromatic ring is 1. The van der Waals surface area contributed by atoms with Crippen LogP contribution < -0.4 is 11.1 Å². The molecule has 0 amide bonds. The highest BCUT2D eigenvalue weighted by molar-refractivity contribution is 5.54. The van der Waals surface area contributed by atoms with E-state index >= 15 is 0 Å². The molecule has 0 radical (unpaired) electrons. The van der Waals surface area contributed by atoms with E-state index in [1.54, 1.807) is 0 Å². The number of nitrogens with one attached hydrogen (secondary N) is 1. The van der Waals surface area contributed by atoms with Gasteiger partial charge in [-0.05, 0) is 62.1 Å². The third-order valence-electron chi connectivity index (χ3n) is 4.72. The van der Waals surface area contributed by atoms with Gasteiger partial charge in [0.05, 0.1) is 0 Å². The van der Waals surface area contributed by atoms with Crippen molar-refractivity contribution < 1.29 is 0 Å². The van der Waals surface area contributed by atoms with Crippen LogP contribution in [0, 0.1) is 17.8 Å². The lowest BCUT2D eigenvalue weighted by atomic mass is 9.84. The molecule has 1 aromatic rings. The number of fused-ring (bicyclic) bond motifs is 2. The normalized spacial score (nSPS) is 32.6. The van der Waals surface area contributed by atoms with Crippen molar-refractivity contribution in [1.82, 2.24) is 0 Å². The van der Waals surface area contributed by atoms with Gasteiger partial charge in [-0.2, -0.15) is 0 Å². The van der Waals surface area contributed by atoms with Crippen LogP contribution >= 0.6 is 0 Å². The Bertz CT molecular complexity index is 402. The summed E-state index contributed by atoms with van der Waals surface area (Å²) < 4.78 is 0. The largest absolute Gasteiger partial charge is 0.399 e. The van der Waals surface area contributed by atoms with Gasteiger partial charge in [0.1, 0.15) is 0 Å². The number of hydrogen-bond donors (Lipinski definition) is 2.